The Morgan fingerprint density at radius 1 is 1.33 bits per heavy atom. The second-order valence-electron chi connectivity index (χ2n) is 2.02. The molecule has 0 nitrogen and oxygen atoms in total. The van der Waals surface area contributed by atoms with Gasteiger partial charge in [-0.25, -0.2) is 0 Å². The van der Waals surface area contributed by atoms with Gasteiger partial charge in [0.15, 0.2) is 0 Å². The Labute approximate surface area is 87.6 Å². The van der Waals surface area contributed by atoms with Gasteiger partial charge in [-0.05, 0) is 32.5 Å². The highest BCUT2D eigenvalue weighted by Gasteiger charge is 2.00. The second kappa shape index (κ2) is 6.09. The Bertz CT molecular complexity index is 259. The van der Waals surface area contributed by atoms with Gasteiger partial charge in [0.1, 0.15) is 0 Å². The van der Waals surface area contributed by atoms with Gasteiger partial charge in [0.25, 0.3) is 0 Å². The Hall–Kier alpha value is -0.470. The molecule has 0 aromatic rings. The van der Waals surface area contributed by atoms with Crippen LogP contribution in [0.3, 0.4) is 0 Å². The monoisotopic (exact) mass is 242 g/mol. The first kappa shape index (κ1) is 11.5. The fourth-order valence-electron chi connectivity index (χ4n) is 0.635. The maximum absolute atomic E-state index is 4.00. The zero-order valence-electron chi connectivity index (χ0n) is 6.76. The molecule has 0 saturated carbocycles. The van der Waals surface area contributed by atoms with Crippen molar-refractivity contribution in [3.05, 3.63) is 59.0 Å². The van der Waals surface area contributed by atoms with E-state index in [2.05, 4.69) is 48.3 Å². The predicted octanol–water partition coefficient (Wildman–Crippen LogP) is 4.01. The quantitative estimate of drug-likeness (QED) is 0.559. The number of allylic oxidation sites excluding steroid dienone is 6. The molecule has 0 fully saturated rings. The molecular formula is C10H11BrS. The summed E-state index contributed by atoms with van der Waals surface area (Å²) in [5.41, 5.74) is 1.78. The van der Waals surface area contributed by atoms with E-state index < -0.39 is 0 Å². The highest BCUT2D eigenvalue weighted by Crippen LogP contribution is 2.23. The molecule has 0 N–H and O–H groups in total. The van der Waals surface area contributed by atoms with Crippen LogP contribution in [-0.4, -0.2) is 0 Å². The third-order valence-corrected chi connectivity index (χ3v) is 2.59. The SMILES string of the molecule is C=C/C=C(\C=C)C(=C)/C(Br)=C\S. The molecule has 0 saturated heterocycles. The van der Waals surface area contributed by atoms with Crippen molar-refractivity contribution in [1.29, 1.82) is 0 Å². The van der Waals surface area contributed by atoms with Gasteiger partial charge in [-0.3, -0.25) is 0 Å². The van der Waals surface area contributed by atoms with Gasteiger partial charge >= 0.3 is 0 Å². The van der Waals surface area contributed by atoms with Crippen molar-refractivity contribution >= 4 is 28.6 Å². The summed E-state index contributed by atoms with van der Waals surface area (Å²) < 4.78 is 0.846. The average Bonchev–Trinajstić information content (AvgIpc) is 2.11. The van der Waals surface area contributed by atoms with Crippen molar-refractivity contribution in [1.82, 2.24) is 0 Å². The third kappa shape index (κ3) is 3.28. The molecule has 0 aliphatic carbocycles. The largest absolute Gasteiger partial charge is 0.150 e. The van der Waals surface area contributed by atoms with Gasteiger partial charge in [-0.2, -0.15) is 12.6 Å². The second-order valence-corrected chi connectivity index (χ2v) is 3.13. The van der Waals surface area contributed by atoms with E-state index in [-0.39, 0.29) is 0 Å². The number of hydrogen-bond donors (Lipinski definition) is 1. The molecule has 0 amide bonds. The Morgan fingerprint density at radius 2 is 1.92 bits per heavy atom. The van der Waals surface area contributed by atoms with Gasteiger partial charge in [-0.15, -0.1) is 0 Å². The lowest BCUT2D eigenvalue weighted by atomic mass is 10.1. The van der Waals surface area contributed by atoms with Gasteiger partial charge < -0.3 is 0 Å². The average molecular weight is 243 g/mol. The minimum Gasteiger partial charge on any atom is -0.150 e. The molecule has 0 aliphatic heterocycles. The van der Waals surface area contributed by atoms with E-state index >= 15 is 0 Å². The zero-order chi connectivity index (χ0) is 9.56. The van der Waals surface area contributed by atoms with Crippen LogP contribution in [0.1, 0.15) is 0 Å². The van der Waals surface area contributed by atoms with Crippen molar-refractivity contribution in [3.63, 3.8) is 0 Å². The van der Waals surface area contributed by atoms with E-state index in [4.69, 9.17) is 0 Å². The summed E-state index contributed by atoms with van der Waals surface area (Å²) in [6, 6.07) is 0. The summed E-state index contributed by atoms with van der Waals surface area (Å²) in [6.45, 7) is 11.1. The van der Waals surface area contributed by atoms with Gasteiger partial charge in [0.2, 0.25) is 0 Å². The van der Waals surface area contributed by atoms with Crippen LogP contribution in [0.5, 0.6) is 0 Å². The molecule has 0 spiro atoms. The molecule has 0 heterocycles. The van der Waals surface area contributed by atoms with Crippen LogP contribution in [0.15, 0.2) is 59.0 Å². The standard InChI is InChI=1S/C10H11BrS/c1-4-6-9(5-2)8(3)10(11)7-12/h4-7,12H,1-3H2/b9-6+,10-7+. The molecule has 12 heavy (non-hydrogen) atoms. The summed E-state index contributed by atoms with van der Waals surface area (Å²) >= 11 is 7.32. The van der Waals surface area contributed by atoms with Crippen LogP contribution < -0.4 is 0 Å². The number of thiol groups is 1. The molecule has 0 bridgehead atoms. The summed E-state index contributed by atoms with van der Waals surface area (Å²) in [7, 11) is 0. The molecule has 0 radical (unpaired) electrons. The van der Waals surface area contributed by atoms with E-state index in [1.165, 1.54) is 0 Å². The van der Waals surface area contributed by atoms with Crippen LogP contribution >= 0.6 is 28.6 Å². The predicted molar refractivity (Wildman–Crippen MR) is 63.6 cm³/mol. The molecule has 0 unspecified atom stereocenters. The first-order chi connectivity index (χ1) is 5.67. The smallest absolute Gasteiger partial charge is 0.0308 e. The summed E-state index contributed by atoms with van der Waals surface area (Å²) in [5, 5.41) is 1.64. The minimum absolute atomic E-state index is 0.846. The lowest BCUT2D eigenvalue weighted by Gasteiger charge is -2.03. The van der Waals surface area contributed by atoms with Gasteiger partial charge in [0.05, 0.1) is 0 Å². The Balaban J connectivity index is 4.77. The molecule has 0 atom stereocenters. The highest BCUT2D eigenvalue weighted by molar-refractivity contribution is 9.12. The van der Waals surface area contributed by atoms with Gasteiger partial charge in [0, 0.05) is 4.48 Å². The molecule has 64 valence electrons. The molecule has 2 heteroatoms. The Kier molecular flexibility index (Phi) is 5.85. The maximum atomic E-state index is 4.00. The normalized spacial score (nSPS) is 12.5. The molecule has 0 rings (SSSR count). The van der Waals surface area contributed by atoms with E-state index in [9.17, 15) is 0 Å². The van der Waals surface area contributed by atoms with E-state index in [1.54, 1.807) is 17.6 Å². The third-order valence-electron chi connectivity index (χ3n) is 1.27. The lowest BCUT2D eigenvalue weighted by molar-refractivity contribution is 1.57. The van der Waals surface area contributed by atoms with E-state index in [1.807, 2.05) is 6.08 Å². The van der Waals surface area contributed by atoms with Crippen LogP contribution in [0.2, 0.25) is 0 Å². The first-order valence-electron chi connectivity index (χ1n) is 3.32. The maximum Gasteiger partial charge on any atom is 0.0308 e. The highest BCUT2D eigenvalue weighted by atomic mass is 79.9. The lowest BCUT2D eigenvalue weighted by Crippen LogP contribution is -1.83. The zero-order valence-corrected chi connectivity index (χ0v) is 9.24. The van der Waals surface area contributed by atoms with Crippen LogP contribution in [0.25, 0.3) is 0 Å². The topological polar surface area (TPSA) is 0 Å². The number of rotatable bonds is 4. The minimum atomic E-state index is 0.846. The van der Waals surface area contributed by atoms with Crippen LogP contribution in [0, 0.1) is 0 Å². The number of hydrogen-bond acceptors (Lipinski definition) is 1. The fourth-order valence-corrected chi connectivity index (χ4v) is 1.02. The number of halogens is 1. The summed E-state index contributed by atoms with van der Waals surface area (Å²) in [5.74, 6) is 0. The van der Waals surface area contributed by atoms with Crippen molar-refractivity contribution in [2.45, 2.75) is 0 Å². The van der Waals surface area contributed by atoms with E-state index in [0.29, 0.717) is 0 Å². The van der Waals surface area contributed by atoms with Gasteiger partial charge in [-0.1, -0.05) is 38.0 Å². The first-order valence-corrected chi connectivity index (χ1v) is 4.63. The van der Waals surface area contributed by atoms with Crippen molar-refractivity contribution in [2.24, 2.45) is 0 Å². The van der Waals surface area contributed by atoms with E-state index in [0.717, 1.165) is 15.6 Å². The van der Waals surface area contributed by atoms with Crippen molar-refractivity contribution in [3.8, 4) is 0 Å². The van der Waals surface area contributed by atoms with Crippen LogP contribution in [0.4, 0.5) is 0 Å². The van der Waals surface area contributed by atoms with Crippen molar-refractivity contribution < 1.29 is 0 Å². The summed E-state index contributed by atoms with van der Waals surface area (Å²) in [6.07, 6.45) is 5.26. The molecular weight excluding hydrogens is 232 g/mol. The fraction of sp³-hybridized carbons (Fsp3) is 0. The Morgan fingerprint density at radius 3 is 2.25 bits per heavy atom. The molecule has 0 aromatic heterocycles. The van der Waals surface area contributed by atoms with Crippen molar-refractivity contribution in [2.75, 3.05) is 0 Å². The van der Waals surface area contributed by atoms with Crippen LogP contribution in [-0.2, 0) is 0 Å². The summed E-state index contributed by atoms with van der Waals surface area (Å²) in [4.78, 5) is 0. The molecule has 0 aromatic carbocycles. The molecule has 0 aliphatic rings.